The molecule has 0 saturated heterocycles. The molecule has 0 aliphatic carbocycles. The first-order chi connectivity index (χ1) is 16.1. The molecule has 4 rings (SSSR count). The number of nitriles is 1. The van der Waals surface area contributed by atoms with E-state index in [0.717, 1.165) is 33.7 Å². The van der Waals surface area contributed by atoms with Crippen LogP contribution < -0.4 is 4.74 Å². The second-order valence-corrected chi connectivity index (χ2v) is 8.94. The van der Waals surface area contributed by atoms with Crippen molar-refractivity contribution >= 4 is 35.0 Å². The van der Waals surface area contributed by atoms with E-state index in [1.54, 1.807) is 0 Å². The molecule has 0 unspecified atom stereocenters. The van der Waals surface area contributed by atoms with E-state index in [4.69, 9.17) is 32.9 Å². The highest BCUT2D eigenvalue weighted by Crippen LogP contribution is 2.37. The van der Waals surface area contributed by atoms with Crippen molar-refractivity contribution in [2.24, 2.45) is 0 Å². The minimum atomic E-state index is 0.501. The zero-order valence-corrected chi connectivity index (χ0v) is 20.2. The van der Waals surface area contributed by atoms with Crippen molar-refractivity contribution in [2.45, 2.75) is 17.7 Å². The van der Waals surface area contributed by atoms with Crippen LogP contribution in [0.1, 0.15) is 18.1 Å². The van der Waals surface area contributed by atoms with Crippen molar-refractivity contribution in [1.82, 2.24) is 4.98 Å². The standard InChI is InChI=1S/C27H20Cl2N2OS/c1-2-32-20-13-11-19(12-14-20)26-15-21(18-7-4-3-5-8-18)22(16-30)27(31-26)33-17-23-24(28)9-6-10-25(23)29/h3-15H,2,17H2,1H3. The van der Waals surface area contributed by atoms with Gasteiger partial charge in [-0.25, -0.2) is 4.98 Å². The summed E-state index contributed by atoms with van der Waals surface area (Å²) in [5.41, 5.74) is 4.88. The van der Waals surface area contributed by atoms with Crippen LogP contribution in [0, 0.1) is 11.3 Å². The second kappa shape index (κ2) is 10.8. The summed E-state index contributed by atoms with van der Waals surface area (Å²) in [6, 6.07) is 27.5. The molecule has 0 amide bonds. The monoisotopic (exact) mass is 490 g/mol. The fourth-order valence-corrected chi connectivity index (χ4v) is 5.17. The lowest BCUT2D eigenvalue weighted by Crippen LogP contribution is -1.97. The Morgan fingerprint density at radius 2 is 1.61 bits per heavy atom. The lowest BCUT2D eigenvalue weighted by atomic mass is 9.99. The van der Waals surface area contributed by atoms with Crippen LogP contribution in [0.4, 0.5) is 0 Å². The molecule has 4 aromatic rings. The summed E-state index contributed by atoms with van der Waals surface area (Å²) < 4.78 is 5.57. The first-order valence-corrected chi connectivity index (χ1v) is 12.1. The molecule has 1 aromatic heterocycles. The number of thioether (sulfide) groups is 1. The van der Waals surface area contributed by atoms with E-state index in [1.165, 1.54) is 11.8 Å². The Balaban J connectivity index is 1.80. The number of nitrogens with zero attached hydrogens (tertiary/aromatic N) is 2. The summed E-state index contributed by atoms with van der Waals surface area (Å²) in [6.45, 7) is 2.56. The fraction of sp³-hybridized carbons (Fsp3) is 0.111. The summed E-state index contributed by atoms with van der Waals surface area (Å²) >= 11 is 14.2. The highest BCUT2D eigenvalue weighted by molar-refractivity contribution is 7.98. The van der Waals surface area contributed by atoms with Crippen LogP contribution >= 0.6 is 35.0 Å². The van der Waals surface area contributed by atoms with Crippen molar-refractivity contribution in [3.63, 3.8) is 0 Å². The number of aromatic nitrogens is 1. The van der Waals surface area contributed by atoms with Crippen LogP contribution in [0.3, 0.4) is 0 Å². The molecule has 6 heteroatoms. The average Bonchev–Trinajstić information content (AvgIpc) is 2.84. The summed E-state index contributed by atoms with van der Waals surface area (Å²) in [5, 5.41) is 11.9. The van der Waals surface area contributed by atoms with Crippen LogP contribution in [-0.4, -0.2) is 11.6 Å². The van der Waals surface area contributed by atoms with Crippen molar-refractivity contribution < 1.29 is 4.74 Å². The van der Waals surface area contributed by atoms with Gasteiger partial charge in [-0.2, -0.15) is 5.26 Å². The maximum absolute atomic E-state index is 10.1. The Kier molecular flexibility index (Phi) is 7.57. The molecule has 3 aromatic carbocycles. The van der Waals surface area contributed by atoms with Gasteiger partial charge in [-0.05, 0) is 60.5 Å². The molecule has 0 saturated carbocycles. The minimum absolute atomic E-state index is 0.501. The fourth-order valence-electron chi connectivity index (χ4n) is 3.43. The van der Waals surface area contributed by atoms with Gasteiger partial charge >= 0.3 is 0 Å². The summed E-state index contributed by atoms with van der Waals surface area (Å²) in [5.74, 6) is 1.31. The third kappa shape index (κ3) is 5.34. The zero-order valence-electron chi connectivity index (χ0n) is 17.9. The number of hydrogen-bond acceptors (Lipinski definition) is 4. The van der Waals surface area contributed by atoms with Gasteiger partial charge in [0, 0.05) is 26.9 Å². The number of benzene rings is 3. The van der Waals surface area contributed by atoms with E-state index in [2.05, 4.69) is 6.07 Å². The molecule has 0 radical (unpaired) electrons. The lowest BCUT2D eigenvalue weighted by molar-refractivity contribution is 0.340. The van der Waals surface area contributed by atoms with E-state index in [1.807, 2.05) is 85.8 Å². The summed E-state index contributed by atoms with van der Waals surface area (Å²) in [6.07, 6.45) is 0. The van der Waals surface area contributed by atoms with E-state index in [0.29, 0.717) is 33.0 Å². The quantitative estimate of drug-likeness (QED) is 0.244. The summed E-state index contributed by atoms with van der Waals surface area (Å²) in [7, 11) is 0. The van der Waals surface area contributed by atoms with Crippen molar-refractivity contribution in [1.29, 1.82) is 5.26 Å². The second-order valence-electron chi connectivity index (χ2n) is 7.16. The molecule has 0 aliphatic heterocycles. The van der Waals surface area contributed by atoms with Crippen LogP contribution in [0.25, 0.3) is 22.4 Å². The van der Waals surface area contributed by atoms with Crippen molar-refractivity contribution in [3.8, 4) is 34.2 Å². The van der Waals surface area contributed by atoms with E-state index in [-0.39, 0.29) is 0 Å². The van der Waals surface area contributed by atoms with Crippen LogP contribution in [0.5, 0.6) is 5.75 Å². The molecule has 0 N–H and O–H groups in total. The third-order valence-electron chi connectivity index (χ3n) is 5.06. The molecule has 3 nitrogen and oxygen atoms in total. The third-order valence-corrected chi connectivity index (χ3v) is 6.77. The molecule has 0 fully saturated rings. The first-order valence-electron chi connectivity index (χ1n) is 10.4. The van der Waals surface area contributed by atoms with E-state index >= 15 is 0 Å². The maximum atomic E-state index is 10.1. The van der Waals surface area contributed by atoms with Gasteiger partial charge in [0.1, 0.15) is 16.8 Å². The van der Waals surface area contributed by atoms with Gasteiger partial charge < -0.3 is 4.74 Å². The van der Waals surface area contributed by atoms with Crippen molar-refractivity contribution in [3.05, 3.63) is 100 Å². The normalized spacial score (nSPS) is 10.6. The number of rotatable bonds is 7. The van der Waals surface area contributed by atoms with Gasteiger partial charge in [0.15, 0.2) is 0 Å². The van der Waals surface area contributed by atoms with Gasteiger partial charge in [-0.15, -0.1) is 11.8 Å². The predicted molar refractivity (Wildman–Crippen MR) is 137 cm³/mol. The number of ether oxygens (including phenoxy) is 1. The van der Waals surface area contributed by atoms with Gasteiger partial charge in [0.2, 0.25) is 0 Å². The molecular weight excluding hydrogens is 471 g/mol. The summed E-state index contributed by atoms with van der Waals surface area (Å²) in [4.78, 5) is 4.86. The number of hydrogen-bond donors (Lipinski definition) is 0. The van der Waals surface area contributed by atoms with Gasteiger partial charge in [-0.3, -0.25) is 0 Å². The van der Waals surface area contributed by atoms with Crippen LogP contribution in [0.2, 0.25) is 10.0 Å². The molecule has 1 heterocycles. The molecular formula is C27H20Cl2N2OS. The highest BCUT2D eigenvalue weighted by atomic mass is 35.5. The largest absolute Gasteiger partial charge is 0.494 e. The molecule has 0 atom stereocenters. The maximum Gasteiger partial charge on any atom is 0.119 e. The van der Waals surface area contributed by atoms with Gasteiger partial charge in [0.05, 0.1) is 17.9 Å². The Labute approximate surface area is 208 Å². The Hall–Kier alpha value is -2.97. The average molecular weight is 491 g/mol. The number of halogens is 2. The van der Waals surface area contributed by atoms with Crippen LogP contribution in [-0.2, 0) is 5.75 Å². The Morgan fingerprint density at radius 3 is 2.24 bits per heavy atom. The first kappa shape index (κ1) is 23.2. The van der Waals surface area contributed by atoms with Gasteiger partial charge in [0.25, 0.3) is 0 Å². The van der Waals surface area contributed by atoms with E-state index in [9.17, 15) is 5.26 Å². The minimum Gasteiger partial charge on any atom is -0.494 e. The zero-order chi connectivity index (χ0) is 23.2. The van der Waals surface area contributed by atoms with Crippen molar-refractivity contribution in [2.75, 3.05) is 6.61 Å². The Morgan fingerprint density at radius 1 is 0.909 bits per heavy atom. The molecule has 33 heavy (non-hydrogen) atoms. The Bertz CT molecular complexity index is 1280. The highest BCUT2D eigenvalue weighted by Gasteiger charge is 2.17. The number of pyridine rings is 1. The predicted octanol–water partition coefficient (Wildman–Crippen LogP) is 8.29. The van der Waals surface area contributed by atoms with Gasteiger partial charge in [-0.1, -0.05) is 59.6 Å². The van der Waals surface area contributed by atoms with Crippen LogP contribution in [0.15, 0.2) is 83.9 Å². The smallest absolute Gasteiger partial charge is 0.119 e. The van der Waals surface area contributed by atoms with E-state index < -0.39 is 0 Å². The topological polar surface area (TPSA) is 45.9 Å². The molecule has 0 bridgehead atoms. The molecule has 0 aliphatic rings. The lowest BCUT2D eigenvalue weighted by Gasteiger charge is -2.14. The SMILES string of the molecule is CCOc1ccc(-c2cc(-c3ccccc3)c(C#N)c(SCc3c(Cl)cccc3Cl)n2)cc1. The molecule has 164 valence electrons. The molecule has 0 spiro atoms.